The van der Waals surface area contributed by atoms with Crippen molar-refractivity contribution in [1.29, 1.82) is 0 Å². The van der Waals surface area contributed by atoms with Crippen LogP contribution in [-0.2, 0) is 6.54 Å². The Kier molecular flexibility index (Phi) is 4.50. The third-order valence-corrected chi connectivity index (χ3v) is 6.47. The van der Waals surface area contributed by atoms with Crippen molar-refractivity contribution in [1.82, 2.24) is 19.2 Å². The first kappa shape index (κ1) is 16.6. The second-order valence-corrected chi connectivity index (χ2v) is 7.87. The van der Waals surface area contributed by atoms with E-state index in [0.29, 0.717) is 11.8 Å². The largest absolute Gasteiger partial charge is 0.348 e. The highest BCUT2D eigenvalue weighted by Crippen LogP contribution is 2.38. The van der Waals surface area contributed by atoms with Gasteiger partial charge in [0.2, 0.25) is 5.13 Å². The van der Waals surface area contributed by atoms with Gasteiger partial charge < -0.3 is 14.8 Å². The number of amides is 1. The van der Waals surface area contributed by atoms with Gasteiger partial charge >= 0.3 is 0 Å². The third kappa shape index (κ3) is 3.17. The van der Waals surface area contributed by atoms with Crippen LogP contribution < -0.4 is 10.2 Å². The smallest absolute Gasteiger partial charge is 0.268 e. The number of rotatable bonds is 4. The molecule has 0 spiro atoms. The average molecular weight is 359 g/mol. The van der Waals surface area contributed by atoms with Crippen LogP contribution in [0.25, 0.3) is 0 Å². The standard InChI is InChI=1S/C18H25N5OS/c1-3-22-9-5-8-16(22)17(24)20-15-7-4-6-13-10-23(11-14(13)15)18-19-12(2)21-25-18/h5,8-9,13-15H,3-4,6-7,10-11H2,1-2H3,(H,20,24). The van der Waals surface area contributed by atoms with Gasteiger partial charge in [-0.05, 0) is 44.7 Å². The Morgan fingerprint density at radius 2 is 2.28 bits per heavy atom. The normalized spacial score (nSPS) is 25.8. The molecular formula is C18H25N5OS. The lowest BCUT2D eigenvalue weighted by atomic mass is 9.78. The molecule has 1 aliphatic heterocycles. The first-order valence-electron chi connectivity index (χ1n) is 9.17. The van der Waals surface area contributed by atoms with E-state index in [2.05, 4.69) is 26.5 Å². The van der Waals surface area contributed by atoms with Gasteiger partial charge in [0, 0.05) is 49.3 Å². The van der Waals surface area contributed by atoms with Crippen LogP contribution in [0.4, 0.5) is 5.13 Å². The van der Waals surface area contributed by atoms with Crippen LogP contribution in [0, 0.1) is 18.8 Å². The number of aromatic nitrogens is 3. The maximum Gasteiger partial charge on any atom is 0.268 e. The van der Waals surface area contributed by atoms with Gasteiger partial charge in [-0.2, -0.15) is 4.37 Å². The van der Waals surface area contributed by atoms with Gasteiger partial charge in [0.15, 0.2) is 0 Å². The molecule has 2 aromatic rings. The molecule has 1 N–H and O–H groups in total. The Labute approximate surface area is 152 Å². The summed E-state index contributed by atoms with van der Waals surface area (Å²) in [6.07, 6.45) is 5.47. The summed E-state index contributed by atoms with van der Waals surface area (Å²) in [5, 5.41) is 4.35. The Balaban J connectivity index is 1.46. The SMILES string of the molecule is CCn1cccc1C(=O)NC1CCCC2CN(c3nc(C)ns3)CC21. The molecule has 1 aliphatic carbocycles. The van der Waals surface area contributed by atoms with Crippen molar-refractivity contribution < 1.29 is 4.79 Å². The van der Waals surface area contributed by atoms with Crippen LogP contribution in [0.1, 0.15) is 42.5 Å². The molecule has 0 radical (unpaired) electrons. The molecule has 3 unspecified atom stereocenters. The van der Waals surface area contributed by atoms with Crippen molar-refractivity contribution in [3.63, 3.8) is 0 Å². The molecule has 0 bridgehead atoms. The minimum Gasteiger partial charge on any atom is -0.348 e. The molecule has 4 rings (SSSR count). The number of hydrogen-bond acceptors (Lipinski definition) is 5. The molecule has 1 saturated heterocycles. The van der Waals surface area contributed by atoms with Crippen molar-refractivity contribution in [3.8, 4) is 0 Å². The Morgan fingerprint density at radius 1 is 1.40 bits per heavy atom. The predicted octanol–water partition coefficient (Wildman–Crippen LogP) is 2.70. The van der Waals surface area contributed by atoms with Crippen LogP contribution in [0.15, 0.2) is 18.3 Å². The fraction of sp³-hybridized carbons (Fsp3) is 0.611. The van der Waals surface area contributed by atoms with Crippen LogP contribution in [-0.4, -0.2) is 39.0 Å². The van der Waals surface area contributed by atoms with Crippen molar-refractivity contribution in [3.05, 3.63) is 29.8 Å². The highest BCUT2D eigenvalue weighted by atomic mass is 32.1. The average Bonchev–Trinajstić information content (AvgIpc) is 3.33. The molecule has 3 atom stereocenters. The Hall–Kier alpha value is -1.89. The van der Waals surface area contributed by atoms with Crippen LogP contribution >= 0.6 is 11.5 Å². The number of nitrogens with zero attached hydrogens (tertiary/aromatic N) is 4. The summed E-state index contributed by atoms with van der Waals surface area (Å²) in [4.78, 5) is 19.6. The summed E-state index contributed by atoms with van der Waals surface area (Å²) in [5.74, 6) is 2.05. The second kappa shape index (κ2) is 6.78. The number of aryl methyl sites for hydroxylation is 2. The monoisotopic (exact) mass is 359 g/mol. The van der Waals surface area contributed by atoms with E-state index in [1.165, 1.54) is 24.4 Å². The van der Waals surface area contributed by atoms with Gasteiger partial charge in [0.25, 0.3) is 5.91 Å². The van der Waals surface area contributed by atoms with Crippen LogP contribution in [0.2, 0.25) is 0 Å². The molecule has 1 saturated carbocycles. The van der Waals surface area contributed by atoms with E-state index < -0.39 is 0 Å². The van der Waals surface area contributed by atoms with Crippen molar-refractivity contribution in [2.24, 2.45) is 11.8 Å². The molecule has 2 aliphatic rings. The molecule has 7 heteroatoms. The maximum absolute atomic E-state index is 12.7. The number of hydrogen-bond donors (Lipinski definition) is 1. The molecule has 0 aromatic carbocycles. The van der Waals surface area contributed by atoms with Crippen molar-refractivity contribution in [2.45, 2.75) is 45.7 Å². The van der Waals surface area contributed by atoms with Gasteiger partial charge in [-0.3, -0.25) is 4.79 Å². The van der Waals surface area contributed by atoms with Gasteiger partial charge in [-0.1, -0.05) is 6.42 Å². The summed E-state index contributed by atoms with van der Waals surface area (Å²) in [6.45, 7) is 6.83. The van der Waals surface area contributed by atoms with Crippen LogP contribution in [0.3, 0.4) is 0 Å². The first-order chi connectivity index (χ1) is 12.2. The third-order valence-electron chi connectivity index (χ3n) is 5.61. The number of nitrogens with one attached hydrogen (secondary N) is 1. The lowest BCUT2D eigenvalue weighted by molar-refractivity contribution is 0.0888. The number of carbonyl (C=O) groups is 1. The highest BCUT2D eigenvalue weighted by molar-refractivity contribution is 7.09. The highest BCUT2D eigenvalue weighted by Gasteiger charge is 2.41. The van der Waals surface area contributed by atoms with E-state index in [4.69, 9.17) is 0 Å². The van der Waals surface area contributed by atoms with Gasteiger partial charge in [-0.15, -0.1) is 0 Å². The zero-order valence-corrected chi connectivity index (χ0v) is 15.6. The Morgan fingerprint density at radius 3 is 3.04 bits per heavy atom. The minimum atomic E-state index is 0.0581. The van der Waals surface area contributed by atoms with Gasteiger partial charge in [-0.25, -0.2) is 4.98 Å². The molecule has 25 heavy (non-hydrogen) atoms. The van der Waals surface area contributed by atoms with Crippen LogP contribution in [0.5, 0.6) is 0 Å². The lowest BCUT2D eigenvalue weighted by Gasteiger charge is -2.33. The quantitative estimate of drug-likeness (QED) is 0.912. The molecule has 3 heterocycles. The summed E-state index contributed by atoms with van der Waals surface area (Å²) in [6, 6.07) is 4.10. The fourth-order valence-electron chi connectivity index (χ4n) is 4.36. The second-order valence-electron chi connectivity index (χ2n) is 7.14. The van der Waals surface area contributed by atoms with E-state index in [-0.39, 0.29) is 11.9 Å². The van der Waals surface area contributed by atoms with Crippen molar-refractivity contribution in [2.75, 3.05) is 18.0 Å². The van der Waals surface area contributed by atoms with E-state index in [1.54, 1.807) is 0 Å². The van der Waals surface area contributed by atoms with Gasteiger partial charge in [0.1, 0.15) is 11.5 Å². The maximum atomic E-state index is 12.7. The van der Waals surface area contributed by atoms with Gasteiger partial charge in [0.05, 0.1) is 0 Å². The van der Waals surface area contributed by atoms with E-state index >= 15 is 0 Å². The zero-order valence-electron chi connectivity index (χ0n) is 14.8. The minimum absolute atomic E-state index is 0.0581. The zero-order chi connectivity index (χ0) is 17.4. The van der Waals surface area contributed by atoms with Crippen molar-refractivity contribution >= 4 is 22.6 Å². The summed E-state index contributed by atoms with van der Waals surface area (Å²) < 4.78 is 6.32. The molecule has 6 nitrogen and oxygen atoms in total. The number of carbonyl (C=O) groups excluding carboxylic acids is 1. The van der Waals surface area contributed by atoms with E-state index in [1.807, 2.05) is 29.8 Å². The molecule has 2 aromatic heterocycles. The van der Waals surface area contributed by atoms with E-state index in [0.717, 1.165) is 42.7 Å². The Bertz CT molecular complexity index is 754. The topological polar surface area (TPSA) is 63.1 Å². The number of fused-ring (bicyclic) bond motifs is 1. The van der Waals surface area contributed by atoms with E-state index in [9.17, 15) is 4.79 Å². The molecule has 2 fully saturated rings. The summed E-state index contributed by atoms with van der Waals surface area (Å²) >= 11 is 1.48. The lowest BCUT2D eigenvalue weighted by Crippen LogP contribution is -2.45. The summed E-state index contributed by atoms with van der Waals surface area (Å²) in [7, 11) is 0. The predicted molar refractivity (Wildman–Crippen MR) is 99.1 cm³/mol. The fourth-order valence-corrected chi connectivity index (χ4v) is 5.05. The first-order valence-corrected chi connectivity index (χ1v) is 9.94. The number of anilines is 1. The summed E-state index contributed by atoms with van der Waals surface area (Å²) in [5.41, 5.74) is 0.763. The molecular weight excluding hydrogens is 334 g/mol. The molecule has 134 valence electrons. The molecule has 1 amide bonds.